The molecule has 1 saturated carbocycles. The van der Waals surface area contributed by atoms with Crippen LogP contribution in [0, 0.1) is 0 Å². The van der Waals surface area contributed by atoms with Crippen molar-refractivity contribution in [1.82, 2.24) is 10.2 Å². The molecular weight excluding hydrogens is 204 g/mol. The number of aliphatic hydroxyl groups excluding tert-OH is 1. The molecule has 2 fully saturated rings. The summed E-state index contributed by atoms with van der Waals surface area (Å²) in [6.07, 6.45) is 6.67. The molecule has 0 radical (unpaired) electrons. The highest BCUT2D eigenvalue weighted by Crippen LogP contribution is 2.30. The zero-order valence-corrected chi connectivity index (χ0v) is 9.87. The summed E-state index contributed by atoms with van der Waals surface area (Å²) in [5.74, 6) is 0.194. The van der Waals surface area contributed by atoms with E-state index in [0.717, 1.165) is 45.2 Å². The smallest absolute Gasteiger partial charge is 0.236 e. The van der Waals surface area contributed by atoms with Gasteiger partial charge in [-0.2, -0.15) is 0 Å². The third-order valence-electron chi connectivity index (χ3n) is 3.94. The Bertz CT molecular complexity index is 240. The van der Waals surface area contributed by atoms with Gasteiger partial charge in [0.05, 0.1) is 13.2 Å². The fourth-order valence-electron chi connectivity index (χ4n) is 2.51. The summed E-state index contributed by atoms with van der Waals surface area (Å²) in [5.41, 5.74) is -0.147. The first-order valence-electron chi connectivity index (χ1n) is 6.39. The number of amides is 1. The number of carbonyl (C=O) groups is 1. The zero-order chi connectivity index (χ0) is 11.4. The molecule has 0 bridgehead atoms. The van der Waals surface area contributed by atoms with Crippen LogP contribution < -0.4 is 5.32 Å². The average molecular weight is 226 g/mol. The molecule has 0 aromatic heterocycles. The lowest BCUT2D eigenvalue weighted by molar-refractivity contribution is -0.131. The molecule has 1 heterocycles. The van der Waals surface area contributed by atoms with Gasteiger partial charge in [0.1, 0.15) is 0 Å². The molecule has 16 heavy (non-hydrogen) atoms. The van der Waals surface area contributed by atoms with E-state index in [4.69, 9.17) is 0 Å². The molecule has 4 nitrogen and oxygen atoms in total. The maximum Gasteiger partial charge on any atom is 0.236 e. The number of carbonyl (C=O) groups excluding carboxylic acids is 1. The number of likely N-dealkylation sites (tertiary alicyclic amines) is 1. The predicted molar refractivity (Wildman–Crippen MR) is 62.1 cm³/mol. The van der Waals surface area contributed by atoms with Crippen LogP contribution in [0.15, 0.2) is 0 Å². The lowest BCUT2D eigenvalue weighted by Crippen LogP contribution is -2.56. The summed E-state index contributed by atoms with van der Waals surface area (Å²) in [5, 5.41) is 12.5. The van der Waals surface area contributed by atoms with E-state index in [1.807, 2.05) is 4.90 Å². The van der Waals surface area contributed by atoms with Crippen LogP contribution in [0.2, 0.25) is 0 Å². The van der Waals surface area contributed by atoms with Gasteiger partial charge in [0.15, 0.2) is 0 Å². The van der Waals surface area contributed by atoms with Gasteiger partial charge < -0.3 is 15.3 Å². The first-order valence-corrected chi connectivity index (χ1v) is 6.39. The molecule has 1 saturated heterocycles. The van der Waals surface area contributed by atoms with E-state index in [2.05, 4.69) is 5.32 Å². The van der Waals surface area contributed by atoms with Crippen molar-refractivity contribution in [2.75, 3.05) is 26.2 Å². The fourth-order valence-corrected chi connectivity index (χ4v) is 2.51. The van der Waals surface area contributed by atoms with E-state index in [1.54, 1.807) is 0 Å². The molecule has 0 aromatic carbocycles. The van der Waals surface area contributed by atoms with Crippen molar-refractivity contribution >= 4 is 5.91 Å². The summed E-state index contributed by atoms with van der Waals surface area (Å²) in [6, 6.07) is 0. The van der Waals surface area contributed by atoms with Crippen molar-refractivity contribution in [2.24, 2.45) is 0 Å². The maximum atomic E-state index is 11.9. The summed E-state index contributed by atoms with van der Waals surface area (Å²) in [4.78, 5) is 13.8. The van der Waals surface area contributed by atoms with Crippen molar-refractivity contribution in [1.29, 1.82) is 0 Å². The minimum absolute atomic E-state index is 0.147. The molecule has 1 aliphatic carbocycles. The molecule has 4 heteroatoms. The molecule has 0 atom stereocenters. The third-order valence-corrected chi connectivity index (χ3v) is 3.94. The maximum absolute atomic E-state index is 11.9. The second kappa shape index (κ2) is 5.15. The quantitative estimate of drug-likeness (QED) is 0.734. The van der Waals surface area contributed by atoms with Crippen molar-refractivity contribution in [3.63, 3.8) is 0 Å². The number of nitrogens with one attached hydrogen (secondary N) is 1. The lowest BCUT2D eigenvalue weighted by atomic mass is 9.77. The van der Waals surface area contributed by atoms with E-state index >= 15 is 0 Å². The Morgan fingerprint density at radius 2 is 1.88 bits per heavy atom. The van der Waals surface area contributed by atoms with Gasteiger partial charge in [-0.3, -0.25) is 4.79 Å². The summed E-state index contributed by atoms with van der Waals surface area (Å²) in [7, 11) is 0. The Kier molecular flexibility index (Phi) is 3.82. The Balaban J connectivity index is 1.74. The Morgan fingerprint density at radius 3 is 2.38 bits per heavy atom. The van der Waals surface area contributed by atoms with Crippen LogP contribution in [0.1, 0.15) is 38.5 Å². The summed E-state index contributed by atoms with van der Waals surface area (Å²) in [6.45, 7) is 2.36. The second-order valence-electron chi connectivity index (χ2n) is 5.09. The SMILES string of the molecule is O=C(CNC1(CO)CCC1)N1CCCCC1. The molecule has 0 unspecified atom stereocenters. The van der Waals surface area contributed by atoms with Crippen molar-refractivity contribution in [2.45, 2.75) is 44.1 Å². The number of rotatable bonds is 4. The van der Waals surface area contributed by atoms with Gasteiger partial charge in [0.25, 0.3) is 0 Å². The van der Waals surface area contributed by atoms with E-state index < -0.39 is 0 Å². The van der Waals surface area contributed by atoms with Crippen LogP contribution in [-0.2, 0) is 4.79 Å². The largest absolute Gasteiger partial charge is 0.394 e. The van der Waals surface area contributed by atoms with Crippen LogP contribution in [0.4, 0.5) is 0 Å². The Hall–Kier alpha value is -0.610. The van der Waals surface area contributed by atoms with E-state index in [-0.39, 0.29) is 18.1 Å². The fraction of sp³-hybridized carbons (Fsp3) is 0.917. The van der Waals surface area contributed by atoms with Crippen LogP contribution in [-0.4, -0.2) is 47.7 Å². The number of hydrogen-bond acceptors (Lipinski definition) is 3. The van der Waals surface area contributed by atoms with Gasteiger partial charge in [0.2, 0.25) is 5.91 Å². The van der Waals surface area contributed by atoms with Crippen molar-refractivity contribution in [3.8, 4) is 0 Å². The number of aliphatic hydroxyl groups is 1. The summed E-state index contributed by atoms with van der Waals surface area (Å²) >= 11 is 0. The first-order chi connectivity index (χ1) is 7.76. The molecule has 92 valence electrons. The van der Waals surface area contributed by atoms with E-state index in [9.17, 15) is 9.90 Å². The Morgan fingerprint density at radius 1 is 1.19 bits per heavy atom. The highest BCUT2D eigenvalue weighted by Gasteiger charge is 2.36. The monoisotopic (exact) mass is 226 g/mol. The minimum atomic E-state index is -0.147. The minimum Gasteiger partial charge on any atom is -0.394 e. The normalized spacial score (nSPS) is 23.9. The average Bonchev–Trinajstić information content (AvgIpc) is 2.29. The van der Waals surface area contributed by atoms with E-state index in [1.165, 1.54) is 6.42 Å². The molecular formula is C12H22N2O2. The zero-order valence-electron chi connectivity index (χ0n) is 9.87. The molecule has 0 spiro atoms. The first kappa shape index (κ1) is 11.9. The van der Waals surface area contributed by atoms with Gasteiger partial charge in [-0.1, -0.05) is 0 Å². The van der Waals surface area contributed by atoms with Crippen LogP contribution in [0.25, 0.3) is 0 Å². The molecule has 0 aromatic rings. The van der Waals surface area contributed by atoms with Crippen molar-refractivity contribution < 1.29 is 9.90 Å². The molecule has 1 amide bonds. The van der Waals surface area contributed by atoms with Gasteiger partial charge in [-0.15, -0.1) is 0 Å². The molecule has 1 aliphatic heterocycles. The van der Waals surface area contributed by atoms with Crippen LogP contribution in [0.5, 0.6) is 0 Å². The molecule has 2 rings (SSSR count). The number of piperidine rings is 1. The summed E-state index contributed by atoms with van der Waals surface area (Å²) < 4.78 is 0. The van der Waals surface area contributed by atoms with E-state index in [0.29, 0.717) is 6.54 Å². The highest BCUT2D eigenvalue weighted by atomic mass is 16.3. The van der Waals surface area contributed by atoms with Gasteiger partial charge in [-0.25, -0.2) is 0 Å². The molecule has 2 aliphatic rings. The van der Waals surface area contributed by atoms with Crippen LogP contribution >= 0.6 is 0 Å². The lowest BCUT2D eigenvalue weighted by Gasteiger charge is -2.41. The highest BCUT2D eigenvalue weighted by molar-refractivity contribution is 5.78. The van der Waals surface area contributed by atoms with Gasteiger partial charge in [0, 0.05) is 18.6 Å². The second-order valence-corrected chi connectivity index (χ2v) is 5.09. The number of hydrogen-bond donors (Lipinski definition) is 2. The standard InChI is InChI=1S/C12H22N2O2/c15-10-12(5-4-6-12)13-9-11(16)14-7-2-1-3-8-14/h13,15H,1-10H2. The third kappa shape index (κ3) is 2.55. The predicted octanol–water partition coefficient (Wildman–Crippen LogP) is 0.503. The van der Waals surface area contributed by atoms with Crippen LogP contribution in [0.3, 0.4) is 0 Å². The number of nitrogens with zero attached hydrogens (tertiary/aromatic N) is 1. The van der Waals surface area contributed by atoms with Gasteiger partial charge >= 0.3 is 0 Å². The topological polar surface area (TPSA) is 52.6 Å². The van der Waals surface area contributed by atoms with Crippen molar-refractivity contribution in [3.05, 3.63) is 0 Å². The molecule has 2 N–H and O–H groups in total. The van der Waals surface area contributed by atoms with Gasteiger partial charge in [-0.05, 0) is 38.5 Å². The Labute approximate surface area is 97.0 Å².